The number of benzene rings is 1. The standard InChI is InChI=1S/C11H14O4S/c1-14-7-10(11(12)13)16-9-5-3-4-8(6-9)15-2/h3-6,10H,7H2,1-2H3,(H,12,13). The lowest BCUT2D eigenvalue weighted by Gasteiger charge is -2.11. The molecule has 1 atom stereocenters. The van der Waals surface area contributed by atoms with E-state index in [1.807, 2.05) is 18.2 Å². The van der Waals surface area contributed by atoms with E-state index in [-0.39, 0.29) is 6.61 Å². The maximum atomic E-state index is 10.9. The highest BCUT2D eigenvalue weighted by Crippen LogP contribution is 2.26. The number of rotatable bonds is 6. The minimum Gasteiger partial charge on any atom is -0.497 e. The van der Waals surface area contributed by atoms with E-state index >= 15 is 0 Å². The Kier molecular flexibility index (Phi) is 5.14. The lowest BCUT2D eigenvalue weighted by Crippen LogP contribution is -2.21. The predicted octanol–water partition coefficient (Wildman–Crippen LogP) is 1.89. The van der Waals surface area contributed by atoms with Crippen molar-refractivity contribution in [2.75, 3.05) is 20.8 Å². The smallest absolute Gasteiger partial charge is 0.319 e. The molecule has 1 aromatic rings. The Morgan fingerprint density at radius 3 is 2.81 bits per heavy atom. The van der Waals surface area contributed by atoms with Gasteiger partial charge in [-0.05, 0) is 18.2 Å². The van der Waals surface area contributed by atoms with Crippen LogP contribution in [-0.2, 0) is 9.53 Å². The third-order valence-electron chi connectivity index (χ3n) is 1.91. The topological polar surface area (TPSA) is 55.8 Å². The summed E-state index contributed by atoms with van der Waals surface area (Å²) in [5, 5.41) is 8.36. The van der Waals surface area contributed by atoms with Crippen LogP contribution in [0.5, 0.6) is 5.75 Å². The molecule has 0 aliphatic rings. The molecule has 5 heteroatoms. The maximum Gasteiger partial charge on any atom is 0.319 e. The molecule has 0 aromatic heterocycles. The Bertz CT molecular complexity index is 354. The molecule has 1 unspecified atom stereocenters. The third kappa shape index (κ3) is 3.75. The second-order valence-corrected chi connectivity index (χ2v) is 4.36. The van der Waals surface area contributed by atoms with Gasteiger partial charge in [0.15, 0.2) is 0 Å². The summed E-state index contributed by atoms with van der Waals surface area (Å²) in [4.78, 5) is 11.8. The summed E-state index contributed by atoms with van der Waals surface area (Å²) in [5.41, 5.74) is 0. The summed E-state index contributed by atoms with van der Waals surface area (Å²) in [6, 6.07) is 7.29. The highest BCUT2D eigenvalue weighted by Gasteiger charge is 2.18. The van der Waals surface area contributed by atoms with Gasteiger partial charge in [0.25, 0.3) is 0 Å². The van der Waals surface area contributed by atoms with Gasteiger partial charge in [-0.15, -0.1) is 11.8 Å². The largest absolute Gasteiger partial charge is 0.497 e. The first-order valence-corrected chi connectivity index (χ1v) is 5.57. The summed E-state index contributed by atoms with van der Waals surface area (Å²) in [6.07, 6.45) is 0. The summed E-state index contributed by atoms with van der Waals surface area (Å²) in [5.74, 6) is -0.166. The Morgan fingerprint density at radius 2 is 2.25 bits per heavy atom. The quantitative estimate of drug-likeness (QED) is 0.772. The number of carbonyl (C=O) groups is 1. The third-order valence-corrected chi connectivity index (χ3v) is 3.06. The van der Waals surface area contributed by atoms with Crippen molar-refractivity contribution in [1.82, 2.24) is 0 Å². The summed E-state index contributed by atoms with van der Waals surface area (Å²) in [6.45, 7) is 0.178. The first-order chi connectivity index (χ1) is 7.67. The zero-order valence-corrected chi connectivity index (χ0v) is 9.99. The molecular formula is C11H14O4S. The number of carboxylic acid groups (broad SMARTS) is 1. The van der Waals surface area contributed by atoms with Crippen LogP contribution < -0.4 is 4.74 Å². The number of carboxylic acids is 1. The molecule has 1 aromatic carbocycles. The molecule has 1 rings (SSSR count). The average molecular weight is 242 g/mol. The lowest BCUT2D eigenvalue weighted by atomic mass is 10.3. The fraction of sp³-hybridized carbons (Fsp3) is 0.364. The Hall–Kier alpha value is -1.20. The fourth-order valence-corrected chi connectivity index (χ4v) is 2.12. The Balaban J connectivity index is 2.72. The molecule has 1 N–H and O–H groups in total. The van der Waals surface area contributed by atoms with Gasteiger partial charge < -0.3 is 14.6 Å². The van der Waals surface area contributed by atoms with Crippen LogP contribution in [-0.4, -0.2) is 37.2 Å². The Morgan fingerprint density at radius 1 is 1.50 bits per heavy atom. The highest BCUT2D eigenvalue weighted by atomic mass is 32.2. The summed E-state index contributed by atoms with van der Waals surface area (Å²) in [7, 11) is 3.07. The zero-order valence-electron chi connectivity index (χ0n) is 9.17. The second kappa shape index (κ2) is 6.40. The zero-order chi connectivity index (χ0) is 12.0. The van der Waals surface area contributed by atoms with E-state index in [2.05, 4.69) is 0 Å². The van der Waals surface area contributed by atoms with E-state index in [1.54, 1.807) is 13.2 Å². The first kappa shape index (κ1) is 12.9. The van der Waals surface area contributed by atoms with E-state index in [1.165, 1.54) is 18.9 Å². The molecule has 0 aliphatic carbocycles. The number of aliphatic carboxylic acids is 1. The number of hydrogen-bond acceptors (Lipinski definition) is 4. The van der Waals surface area contributed by atoms with E-state index in [9.17, 15) is 4.79 Å². The van der Waals surface area contributed by atoms with E-state index < -0.39 is 11.2 Å². The van der Waals surface area contributed by atoms with Crippen molar-refractivity contribution in [2.24, 2.45) is 0 Å². The van der Waals surface area contributed by atoms with Gasteiger partial charge >= 0.3 is 5.97 Å². The Labute approximate surface area is 98.6 Å². The number of methoxy groups -OCH3 is 2. The van der Waals surface area contributed by atoms with Gasteiger partial charge in [0.05, 0.1) is 13.7 Å². The predicted molar refractivity (Wildman–Crippen MR) is 62.2 cm³/mol. The molecule has 88 valence electrons. The lowest BCUT2D eigenvalue weighted by molar-refractivity contribution is -0.137. The van der Waals surface area contributed by atoms with Gasteiger partial charge in [0.2, 0.25) is 0 Å². The highest BCUT2D eigenvalue weighted by molar-refractivity contribution is 8.00. The molecule has 0 bridgehead atoms. The molecule has 0 amide bonds. The van der Waals surface area contributed by atoms with Gasteiger partial charge in [-0.25, -0.2) is 0 Å². The van der Waals surface area contributed by atoms with Gasteiger partial charge in [-0.1, -0.05) is 6.07 Å². The van der Waals surface area contributed by atoms with E-state index in [4.69, 9.17) is 14.6 Å². The van der Waals surface area contributed by atoms with Gasteiger partial charge in [0.1, 0.15) is 11.0 Å². The molecule has 0 fully saturated rings. The summed E-state index contributed by atoms with van der Waals surface area (Å²) >= 11 is 1.25. The molecule has 0 saturated carbocycles. The van der Waals surface area contributed by atoms with Crippen molar-refractivity contribution in [3.63, 3.8) is 0 Å². The molecule has 0 aliphatic heterocycles. The van der Waals surface area contributed by atoms with Crippen molar-refractivity contribution in [3.05, 3.63) is 24.3 Å². The first-order valence-electron chi connectivity index (χ1n) is 4.70. The van der Waals surface area contributed by atoms with Crippen molar-refractivity contribution >= 4 is 17.7 Å². The monoisotopic (exact) mass is 242 g/mol. The molecule has 0 heterocycles. The van der Waals surface area contributed by atoms with Crippen LogP contribution in [0.4, 0.5) is 0 Å². The van der Waals surface area contributed by atoms with Crippen LogP contribution in [0, 0.1) is 0 Å². The van der Waals surface area contributed by atoms with Gasteiger partial charge in [-0.3, -0.25) is 4.79 Å². The molecule has 0 spiro atoms. The molecular weight excluding hydrogens is 228 g/mol. The molecule has 16 heavy (non-hydrogen) atoms. The number of hydrogen-bond donors (Lipinski definition) is 1. The SMILES string of the molecule is COCC(Sc1cccc(OC)c1)C(=O)O. The number of ether oxygens (including phenoxy) is 2. The fourth-order valence-electron chi connectivity index (χ4n) is 1.15. The molecule has 4 nitrogen and oxygen atoms in total. The van der Waals surface area contributed by atoms with Gasteiger partial charge in [0, 0.05) is 12.0 Å². The van der Waals surface area contributed by atoms with E-state index in [0.717, 1.165) is 4.90 Å². The normalized spacial score (nSPS) is 12.1. The van der Waals surface area contributed by atoms with Crippen LogP contribution in [0.25, 0.3) is 0 Å². The summed E-state index contributed by atoms with van der Waals surface area (Å²) < 4.78 is 9.93. The maximum absolute atomic E-state index is 10.9. The van der Waals surface area contributed by atoms with Gasteiger partial charge in [-0.2, -0.15) is 0 Å². The molecule has 0 saturated heterocycles. The second-order valence-electron chi connectivity index (χ2n) is 3.08. The minimum absolute atomic E-state index is 0.178. The van der Waals surface area contributed by atoms with E-state index in [0.29, 0.717) is 5.75 Å². The molecule has 0 radical (unpaired) electrons. The van der Waals surface area contributed by atoms with Crippen LogP contribution in [0.2, 0.25) is 0 Å². The van der Waals surface area contributed by atoms with Crippen LogP contribution in [0.3, 0.4) is 0 Å². The van der Waals surface area contributed by atoms with Crippen molar-refractivity contribution < 1.29 is 19.4 Å². The van der Waals surface area contributed by atoms with Crippen molar-refractivity contribution in [2.45, 2.75) is 10.1 Å². The minimum atomic E-state index is -0.880. The number of thioether (sulfide) groups is 1. The van der Waals surface area contributed by atoms with Crippen LogP contribution in [0.1, 0.15) is 0 Å². The van der Waals surface area contributed by atoms with Crippen molar-refractivity contribution in [3.8, 4) is 5.75 Å². The van der Waals surface area contributed by atoms with Crippen LogP contribution >= 0.6 is 11.8 Å². The van der Waals surface area contributed by atoms with Crippen LogP contribution in [0.15, 0.2) is 29.2 Å². The van der Waals surface area contributed by atoms with Crippen molar-refractivity contribution in [1.29, 1.82) is 0 Å². The average Bonchev–Trinajstić information content (AvgIpc) is 2.28.